The maximum Gasteiger partial charge on any atom is 0.158 e. The van der Waals surface area contributed by atoms with E-state index in [9.17, 15) is 0 Å². The Bertz CT molecular complexity index is 1350. The third-order valence-corrected chi connectivity index (χ3v) is 9.46. The minimum Gasteiger partial charge on any atom is -0.494 e. The van der Waals surface area contributed by atoms with Crippen LogP contribution in [-0.4, -0.2) is 85.8 Å². The molecule has 2 aromatic carbocycles. The number of nitrogens with zero attached hydrogens (tertiary/aromatic N) is 6. The van der Waals surface area contributed by atoms with Gasteiger partial charge < -0.3 is 19.9 Å². The number of hydrogen-bond acceptors (Lipinski definition) is 9. The van der Waals surface area contributed by atoms with Gasteiger partial charge in [0.05, 0.1) is 25.4 Å². The van der Waals surface area contributed by atoms with E-state index in [1.165, 1.54) is 68.7 Å². The molecule has 9 nitrogen and oxygen atoms in total. The van der Waals surface area contributed by atoms with Gasteiger partial charge in [-0.15, -0.1) is 0 Å². The van der Waals surface area contributed by atoms with Gasteiger partial charge >= 0.3 is 0 Å². The maximum atomic E-state index is 6.03. The average Bonchev–Trinajstić information content (AvgIpc) is 3.77. The number of anilines is 4. The number of piperidine rings is 1. The van der Waals surface area contributed by atoms with E-state index in [2.05, 4.69) is 73.4 Å². The van der Waals surface area contributed by atoms with Crippen LogP contribution in [0.15, 0.2) is 54.9 Å². The Labute approximate surface area is 249 Å². The Balaban J connectivity index is 1.09. The fourth-order valence-corrected chi connectivity index (χ4v) is 6.85. The quantitative estimate of drug-likeness (QED) is 0.394. The number of ether oxygens (including phenoxy) is 1. The van der Waals surface area contributed by atoms with Gasteiger partial charge in [0.1, 0.15) is 17.9 Å². The summed E-state index contributed by atoms with van der Waals surface area (Å²) < 4.78 is 5.95. The number of aromatic nitrogens is 2. The van der Waals surface area contributed by atoms with Gasteiger partial charge in [0, 0.05) is 69.6 Å². The van der Waals surface area contributed by atoms with Crippen LogP contribution in [0.1, 0.15) is 55.2 Å². The lowest BCUT2D eigenvalue weighted by atomic mass is 9.99. The van der Waals surface area contributed by atoms with E-state index in [4.69, 9.17) is 9.57 Å². The van der Waals surface area contributed by atoms with Crippen molar-refractivity contribution < 1.29 is 9.57 Å². The number of methoxy groups -OCH3 is 1. The zero-order valence-electron chi connectivity index (χ0n) is 24.9. The lowest BCUT2D eigenvalue weighted by Gasteiger charge is -2.43. The van der Waals surface area contributed by atoms with Crippen molar-refractivity contribution in [2.24, 2.45) is 0 Å². The highest BCUT2D eigenvalue weighted by Crippen LogP contribution is 2.48. The Kier molecular flexibility index (Phi) is 7.88. The topological polar surface area (TPSA) is 69.2 Å². The number of benzene rings is 2. The molecule has 1 atom stereocenters. The van der Waals surface area contributed by atoms with Crippen LogP contribution in [0.25, 0.3) is 0 Å². The first kappa shape index (κ1) is 27.4. The smallest absolute Gasteiger partial charge is 0.158 e. The Morgan fingerprint density at radius 3 is 2.40 bits per heavy atom. The molecule has 4 fully saturated rings. The molecule has 9 heteroatoms. The minimum absolute atomic E-state index is 0.129. The van der Waals surface area contributed by atoms with E-state index < -0.39 is 0 Å². The summed E-state index contributed by atoms with van der Waals surface area (Å²) in [4.78, 5) is 22.9. The second-order valence-corrected chi connectivity index (χ2v) is 12.2. The molecular weight excluding hydrogens is 526 g/mol. The summed E-state index contributed by atoms with van der Waals surface area (Å²) in [5, 5.41) is 5.48. The summed E-state index contributed by atoms with van der Waals surface area (Å²) in [6.07, 6.45) is 7.48. The number of hydrogen-bond donors (Lipinski definition) is 1. The van der Waals surface area contributed by atoms with Gasteiger partial charge in [0.2, 0.25) is 0 Å². The second kappa shape index (κ2) is 12.1. The average molecular weight is 570 g/mol. The van der Waals surface area contributed by atoms with E-state index in [-0.39, 0.29) is 6.04 Å². The van der Waals surface area contributed by atoms with Crippen molar-refractivity contribution in [3.8, 4) is 5.75 Å². The van der Waals surface area contributed by atoms with E-state index in [1.807, 2.05) is 17.2 Å². The van der Waals surface area contributed by atoms with E-state index in [0.717, 1.165) is 42.6 Å². The predicted molar refractivity (Wildman–Crippen MR) is 167 cm³/mol. The second-order valence-electron chi connectivity index (χ2n) is 12.2. The summed E-state index contributed by atoms with van der Waals surface area (Å²) in [7, 11) is 3.99. The molecule has 1 saturated carbocycles. The molecule has 0 bridgehead atoms. The number of hydroxylamine groups is 1. The molecule has 3 saturated heterocycles. The van der Waals surface area contributed by atoms with Crippen molar-refractivity contribution in [1.29, 1.82) is 0 Å². The lowest BCUT2D eigenvalue weighted by molar-refractivity contribution is 0.0982. The first-order valence-corrected chi connectivity index (χ1v) is 15.6. The maximum absolute atomic E-state index is 6.03. The van der Waals surface area contributed by atoms with Gasteiger partial charge in [-0.2, -0.15) is 0 Å². The first-order chi connectivity index (χ1) is 20.7. The van der Waals surface area contributed by atoms with Crippen LogP contribution in [-0.2, 0) is 4.84 Å². The molecule has 1 unspecified atom stereocenters. The molecule has 3 aliphatic heterocycles. The molecule has 0 spiro atoms. The Morgan fingerprint density at radius 2 is 1.67 bits per heavy atom. The molecule has 0 amide bonds. The van der Waals surface area contributed by atoms with Gasteiger partial charge in [0.25, 0.3) is 0 Å². The van der Waals surface area contributed by atoms with Crippen molar-refractivity contribution in [2.75, 3.05) is 75.3 Å². The van der Waals surface area contributed by atoms with E-state index in [1.54, 1.807) is 13.4 Å². The highest BCUT2D eigenvalue weighted by Gasteiger charge is 2.33. The van der Waals surface area contributed by atoms with Gasteiger partial charge in [-0.3, -0.25) is 9.74 Å². The fraction of sp³-hybridized carbons (Fsp3) is 0.515. The van der Waals surface area contributed by atoms with Crippen LogP contribution in [0.2, 0.25) is 0 Å². The van der Waals surface area contributed by atoms with Gasteiger partial charge in [-0.25, -0.2) is 15.0 Å². The zero-order valence-corrected chi connectivity index (χ0v) is 24.9. The first-order valence-electron chi connectivity index (χ1n) is 15.6. The summed E-state index contributed by atoms with van der Waals surface area (Å²) in [6, 6.07) is 17.8. The molecule has 4 heterocycles. The van der Waals surface area contributed by atoms with Gasteiger partial charge in [-0.05, 0) is 55.8 Å². The fourth-order valence-electron chi connectivity index (χ4n) is 6.85. The minimum atomic E-state index is 0.129. The van der Waals surface area contributed by atoms with Crippen molar-refractivity contribution in [3.05, 3.63) is 66.0 Å². The predicted octanol–water partition coefficient (Wildman–Crippen LogP) is 5.21. The van der Waals surface area contributed by atoms with Crippen LogP contribution >= 0.6 is 0 Å². The van der Waals surface area contributed by atoms with Crippen LogP contribution in [0.3, 0.4) is 0 Å². The largest absolute Gasteiger partial charge is 0.494 e. The SMILES string of the molecule is COc1cc(N2CCC(N3CCN(C)CC3)CC2)c(C2CC2)cc1Nc1cc(N2OCCC2c2ccccc2)ncn1. The third-order valence-electron chi connectivity index (χ3n) is 9.46. The summed E-state index contributed by atoms with van der Waals surface area (Å²) in [5.74, 6) is 2.94. The molecule has 4 aliphatic rings. The van der Waals surface area contributed by atoms with Crippen molar-refractivity contribution >= 4 is 23.0 Å². The monoisotopic (exact) mass is 569 g/mol. The molecule has 1 aromatic heterocycles. The van der Waals surface area contributed by atoms with Crippen LogP contribution in [0, 0.1) is 0 Å². The molecule has 7 rings (SSSR count). The number of piperazine rings is 1. The highest BCUT2D eigenvalue weighted by atomic mass is 16.7. The van der Waals surface area contributed by atoms with E-state index in [0.29, 0.717) is 18.6 Å². The number of likely N-dealkylation sites (N-methyl/N-ethyl adjacent to an activating group) is 1. The van der Waals surface area contributed by atoms with Crippen molar-refractivity contribution in [1.82, 2.24) is 19.8 Å². The van der Waals surface area contributed by atoms with Crippen LogP contribution in [0.4, 0.5) is 23.0 Å². The lowest BCUT2D eigenvalue weighted by Crippen LogP contribution is -2.52. The number of nitrogens with one attached hydrogen (secondary N) is 1. The van der Waals surface area contributed by atoms with Crippen molar-refractivity contribution in [2.45, 2.75) is 50.1 Å². The Morgan fingerprint density at radius 1 is 0.881 bits per heavy atom. The van der Waals surface area contributed by atoms with Crippen LogP contribution < -0.4 is 20.0 Å². The van der Waals surface area contributed by atoms with Gasteiger partial charge in [0.15, 0.2) is 5.82 Å². The normalized spacial score (nSPS) is 22.5. The Hall–Kier alpha value is -3.40. The summed E-state index contributed by atoms with van der Waals surface area (Å²) >= 11 is 0. The molecule has 222 valence electrons. The van der Waals surface area contributed by atoms with Crippen molar-refractivity contribution in [3.63, 3.8) is 0 Å². The standard InChI is InChI=1S/C33H43N7O2/c1-37-15-17-38(18-16-37)26-10-13-39(14-11-26)30-21-31(41-2)28(20-27(30)24-8-9-24)36-32-22-33(35-23-34-32)40-29(12-19-42-40)25-6-4-3-5-7-25/h3-7,20-24,26,29H,8-19H2,1-2H3,(H,34,35,36). The molecule has 1 aliphatic carbocycles. The van der Waals surface area contributed by atoms with E-state index >= 15 is 0 Å². The third kappa shape index (κ3) is 5.78. The molecule has 3 aromatic rings. The molecular formula is C33H43N7O2. The summed E-state index contributed by atoms with van der Waals surface area (Å²) in [6.45, 7) is 7.63. The van der Waals surface area contributed by atoms with Crippen LogP contribution in [0.5, 0.6) is 5.75 Å². The zero-order chi connectivity index (χ0) is 28.5. The molecule has 42 heavy (non-hydrogen) atoms. The molecule has 0 radical (unpaired) electrons. The molecule has 1 N–H and O–H groups in total. The summed E-state index contributed by atoms with van der Waals surface area (Å²) in [5.41, 5.74) is 4.94. The highest BCUT2D eigenvalue weighted by molar-refractivity contribution is 5.74. The number of rotatable bonds is 8. The van der Waals surface area contributed by atoms with Gasteiger partial charge in [-0.1, -0.05) is 30.3 Å².